The van der Waals surface area contributed by atoms with Crippen LogP contribution in [-0.2, 0) is 9.47 Å². The first-order chi connectivity index (χ1) is 13.2. The van der Waals surface area contributed by atoms with Gasteiger partial charge in [-0.2, -0.15) is 0 Å². The number of pyridine rings is 1. The highest BCUT2D eigenvalue weighted by Crippen LogP contribution is 2.11. The minimum absolute atomic E-state index is 0.136. The van der Waals surface area contributed by atoms with Gasteiger partial charge in [0.1, 0.15) is 11.4 Å². The molecule has 0 amide bonds. The largest absolute Gasteiger partial charge is 0.461 e. The predicted octanol–water partition coefficient (Wildman–Crippen LogP) is 5.73. The van der Waals surface area contributed by atoms with Gasteiger partial charge in [0, 0.05) is 0 Å². The van der Waals surface area contributed by atoms with E-state index >= 15 is 0 Å². The van der Waals surface area contributed by atoms with E-state index in [2.05, 4.69) is 11.9 Å². The monoisotopic (exact) mass is 377 g/mol. The number of aromatic nitrogens is 1. The van der Waals surface area contributed by atoms with Crippen LogP contribution in [0, 0.1) is 0 Å². The number of hydrogen-bond acceptors (Lipinski definition) is 5. The molecule has 0 aliphatic rings. The van der Waals surface area contributed by atoms with E-state index in [1.165, 1.54) is 57.4 Å². The first kappa shape index (κ1) is 23.1. The van der Waals surface area contributed by atoms with Gasteiger partial charge in [0.05, 0.1) is 13.2 Å². The number of esters is 2. The summed E-state index contributed by atoms with van der Waals surface area (Å²) in [4.78, 5) is 27.9. The topological polar surface area (TPSA) is 65.5 Å². The van der Waals surface area contributed by atoms with E-state index in [-0.39, 0.29) is 11.4 Å². The molecule has 152 valence electrons. The second-order valence-electron chi connectivity index (χ2n) is 6.86. The number of ether oxygens (including phenoxy) is 2. The average Bonchev–Trinajstić information content (AvgIpc) is 2.70. The van der Waals surface area contributed by atoms with Gasteiger partial charge in [0.25, 0.3) is 0 Å². The SMILES string of the molecule is CCCCCCCCCCCCOC(=O)c1cccc(C(=O)OCCC)n1. The average molecular weight is 378 g/mol. The molecule has 1 rings (SSSR count). The normalized spacial score (nSPS) is 10.6. The summed E-state index contributed by atoms with van der Waals surface area (Å²) in [6.07, 6.45) is 13.1. The molecule has 0 aromatic carbocycles. The minimum atomic E-state index is -0.513. The highest BCUT2D eigenvalue weighted by atomic mass is 16.5. The van der Waals surface area contributed by atoms with Crippen molar-refractivity contribution in [2.75, 3.05) is 13.2 Å². The highest BCUT2D eigenvalue weighted by Gasteiger charge is 2.14. The molecule has 0 bridgehead atoms. The third kappa shape index (κ3) is 10.7. The van der Waals surface area contributed by atoms with Crippen molar-refractivity contribution in [3.05, 3.63) is 29.6 Å². The Kier molecular flexibility index (Phi) is 13.0. The molecule has 0 spiro atoms. The Balaban J connectivity index is 2.15. The molecule has 5 heteroatoms. The van der Waals surface area contributed by atoms with Crippen LogP contribution >= 0.6 is 0 Å². The van der Waals surface area contributed by atoms with Crippen molar-refractivity contribution in [1.82, 2.24) is 4.98 Å². The van der Waals surface area contributed by atoms with Gasteiger partial charge in [-0.05, 0) is 25.0 Å². The second kappa shape index (κ2) is 15.2. The first-order valence-electron chi connectivity index (χ1n) is 10.5. The van der Waals surface area contributed by atoms with Crippen molar-refractivity contribution < 1.29 is 19.1 Å². The van der Waals surface area contributed by atoms with Crippen molar-refractivity contribution in [1.29, 1.82) is 0 Å². The van der Waals surface area contributed by atoms with E-state index in [4.69, 9.17) is 9.47 Å². The van der Waals surface area contributed by atoms with Crippen LogP contribution in [0.25, 0.3) is 0 Å². The summed E-state index contributed by atoms with van der Waals surface area (Å²) in [6, 6.07) is 4.71. The minimum Gasteiger partial charge on any atom is -0.461 e. The molecule has 0 radical (unpaired) electrons. The summed E-state index contributed by atoms with van der Waals surface area (Å²) in [7, 11) is 0. The lowest BCUT2D eigenvalue weighted by molar-refractivity contribution is 0.0485. The molecule has 0 saturated heterocycles. The zero-order valence-corrected chi connectivity index (χ0v) is 17.0. The van der Waals surface area contributed by atoms with Crippen LogP contribution in [0.1, 0.15) is 105 Å². The molecular formula is C22H35NO4. The zero-order chi connectivity index (χ0) is 19.7. The molecule has 0 atom stereocenters. The number of unbranched alkanes of at least 4 members (excludes halogenated alkanes) is 9. The standard InChI is InChI=1S/C22H35NO4/c1-3-5-6-7-8-9-10-11-12-13-18-27-22(25)20-16-14-15-19(23-20)21(24)26-17-4-2/h14-16H,3-13,17-18H2,1-2H3. The molecule has 0 unspecified atom stereocenters. The van der Waals surface area contributed by atoms with E-state index in [1.54, 1.807) is 12.1 Å². The van der Waals surface area contributed by atoms with Crippen LogP contribution in [0.15, 0.2) is 18.2 Å². The summed E-state index contributed by atoms with van der Waals surface area (Å²) < 4.78 is 10.3. The summed E-state index contributed by atoms with van der Waals surface area (Å²) in [5.41, 5.74) is 0.282. The molecule has 0 aliphatic carbocycles. The Morgan fingerprint density at radius 1 is 0.704 bits per heavy atom. The Bertz CT molecular complexity index is 545. The van der Waals surface area contributed by atoms with E-state index in [0.717, 1.165) is 19.3 Å². The zero-order valence-electron chi connectivity index (χ0n) is 17.0. The molecule has 1 aromatic rings. The van der Waals surface area contributed by atoms with E-state index in [9.17, 15) is 9.59 Å². The lowest BCUT2D eigenvalue weighted by atomic mass is 10.1. The number of carbonyl (C=O) groups excluding carboxylic acids is 2. The maximum absolute atomic E-state index is 12.1. The highest BCUT2D eigenvalue weighted by molar-refractivity contribution is 5.91. The van der Waals surface area contributed by atoms with Gasteiger partial charge in [0.15, 0.2) is 0 Å². The van der Waals surface area contributed by atoms with E-state index < -0.39 is 11.9 Å². The van der Waals surface area contributed by atoms with E-state index in [0.29, 0.717) is 13.2 Å². The molecule has 0 fully saturated rings. The third-order valence-electron chi connectivity index (χ3n) is 4.34. The molecule has 5 nitrogen and oxygen atoms in total. The number of nitrogens with zero attached hydrogens (tertiary/aromatic N) is 1. The van der Waals surface area contributed by atoms with Crippen molar-refractivity contribution >= 4 is 11.9 Å². The molecular weight excluding hydrogens is 342 g/mol. The third-order valence-corrected chi connectivity index (χ3v) is 4.34. The summed E-state index contributed by atoms with van der Waals surface area (Å²) >= 11 is 0. The second-order valence-corrected chi connectivity index (χ2v) is 6.86. The molecule has 0 aliphatic heterocycles. The Morgan fingerprint density at radius 2 is 1.19 bits per heavy atom. The van der Waals surface area contributed by atoms with Crippen molar-refractivity contribution in [2.24, 2.45) is 0 Å². The van der Waals surface area contributed by atoms with Crippen LogP contribution < -0.4 is 0 Å². The van der Waals surface area contributed by atoms with Crippen LogP contribution in [0.2, 0.25) is 0 Å². The first-order valence-corrected chi connectivity index (χ1v) is 10.5. The van der Waals surface area contributed by atoms with Gasteiger partial charge < -0.3 is 9.47 Å². The quantitative estimate of drug-likeness (QED) is 0.289. The fourth-order valence-corrected chi connectivity index (χ4v) is 2.76. The van der Waals surface area contributed by atoms with Gasteiger partial charge in [-0.3, -0.25) is 0 Å². The number of carbonyl (C=O) groups is 2. The van der Waals surface area contributed by atoms with Crippen LogP contribution in [0.4, 0.5) is 0 Å². The molecule has 0 N–H and O–H groups in total. The molecule has 1 heterocycles. The number of hydrogen-bond donors (Lipinski definition) is 0. The van der Waals surface area contributed by atoms with Gasteiger partial charge in [-0.15, -0.1) is 0 Å². The molecule has 0 saturated carbocycles. The predicted molar refractivity (Wildman–Crippen MR) is 107 cm³/mol. The van der Waals surface area contributed by atoms with E-state index in [1.807, 2.05) is 6.92 Å². The summed E-state index contributed by atoms with van der Waals surface area (Å²) in [5.74, 6) is -1.00. The summed E-state index contributed by atoms with van der Waals surface area (Å²) in [6.45, 7) is 4.89. The van der Waals surface area contributed by atoms with Gasteiger partial charge >= 0.3 is 11.9 Å². The maximum Gasteiger partial charge on any atom is 0.356 e. The maximum atomic E-state index is 12.1. The van der Waals surface area contributed by atoms with Crippen molar-refractivity contribution in [3.63, 3.8) is 0 Å². The molecule has 1 aromatic heterocycles. The Morgan fingerprint density at radius 3 is 1.70 bits per heavy atom. The number of rotatable bonds is 15. The lowest BCUT2D eigenvalue weighted by Gasteiger charge is -2.06. The van der Waals surface area contributed by atoms with Gasteiger partial charge in [-0.1, -0.05) is 77.7 Å². The molecule has 27 heavy (non-hydrogen) atoms. The van der Waals surface area contributed by atoms with Crippen molar-refractivity contribution in [3.8, 4) is 0 Å². The van der Waals surface area contributed by atoms with Gasteiger partial charge in [-0.25, -0.2) is 14.6 Å². The van der Waals surface area contributed by atoms with Crippen LogP contribution in [0.5, 0.6) is 0 Å². The lowest BCUT2D eigenvalue weighted by Crippen LogP contribution is -2.13. The van der Waals surface area contributed by atoms with Crippen LogP contribution in [-0.4, -0.2) is 30.1 Å². The smallest absolute Gasteiger partial charge is 0.356 e. The Labute approximate surface area is 163 Å². The fourth-order valence-electron chi connectivity index (χ4n) is 2.76. The van der Waals surface area contributed by atoms with Crippen LogP contribution in [0.3, 0.4) is 0 Å². The fraction of sp³-hybridized carbons (Fsp3) is 0.682. The van der Waals surface area contributed by atoms with Gasteiger partial charge in [0.2, 0.25) is 0 Å². The Hall–Kier alpha value is -1.91. The van der Waals surface area contributed by atoms with Crippen molar-refractivity contribution in [2.45, 2.75) is 84.5 Å². The summed E-state index contributed by atoms with van der Waals surface area (Å²) in [5, 5.41) is 0.